The number of nitrogens with zero attached hydrogens (tertiary/aromatic N) is 2. The van der Waals surface area contributed by atoms with Gasteiger partial charge in [-0.15, -0.1) is 0 Å². The van der Waals surface area contributed by atoms with E-state index in [9.17, 15) is 23.3 Å². The molecule has 0 atom stereocenters. The zero-order valence-corrected chi connectivity index (χ0v) is 18.7. The van der Waals surface area contributed by atoms with Crippen LogP contribution in [0.4, 0.5) is 22.7 Å². The van der Waals surface area contributed by atoms with Crippen molar-refractivity contribution < 1.29 is 18.1 Å². The first-order valence-electron chi connectivity index (χ1n) is 9.37. The summed E-state index contributed by atoms with van der Waals surface area (Å²) < 4.78 is 27.6. The lowest BCUT2D eigenvalue weighted by Gasteiger charge is -2.09. The summed E-state index contributed by atoms with van der Waals surface area (Å²) in [7, 11) is -4.07. The van der Waals surface area contributed by atoms with Crippen LogP contribution in [0.3, 0.4) is 0 Å². The monoisotopic (exact) mass is 487 g/mol. The molecule has 0 spiro atoms. The lowest BCUT2D eigenvalue weighted by Crippen LogP contribution is -2.13. The largest absolute Gasteiger partial charge is 0.326 e. The minimum atomic E-state index is -4.07. The Bertz CT molecular complexity index is 1310. The molecule has 0 saturated heterocycles. The average Bonchev–Trinajstić information content (AvgIpc) is 2.76. The van der Waals surface area contributed by atoms with Gasteiger partial charge in [0, 0.05) is 29.4 Å². The molecule has 3 N–H and O–H groups in total. The van der Waals surface area contributed by atoms with Crippen LogP contribution in [-0.4, -0.2) is 25.5 Å². The lowest BCUT2D eigenvalue weighted by atomic mass is 10.2. The van der Waals surface area contributed by atoms with E-state index in [0.717, 1.165) is 6.07 Å². The van der Waals surface area contributed by atoms with Crippen LogP contribution >= 0.6 is 11.6 Å². The fraction of sp³-hybridized carbons (Fsp3) is 0.0476. The molecule has 0 aliphatic rings. The number of benzene rings is 3. The van der Waals surface area contributed by atoms with Crippen molar-refractivity contribution in [1.82, 2.24) is 0 Å². The molecule has 3 rings (SSSR count). The molecule has 0 aromatic heterocycles. The summed E-state index contributed by atoms with van der Waals surface area (Å²) in [5, 5.41) is 18.5. The predicted octanol–water partition coefficient (Wildman–Crippen LogP) is 4.45. The van der Waals surface area contributed by atoms with E-state index in [-0.39, 0.29) is 22.2 Å². The van der Waals surface area contributed by atoms with Gasteiger partial charge in [0.05, 0.1) is 16.0 Å². The summed E-state index contributed by atoms with van der Waals surface area (Å²) in [5.41, 5.74) is 3.65. The number of carbonyl (C=O) groups is 1. The Labute approximate surface area is 194 Å². The number of rotatable bonds is 8. The maximum atomic E-state index is 12.6. The minimum absolute atomic E-state index is 0.0107. The molecule has 170 valence electrons. The second-order valence-corrected chi connectivity index (χ2v) is 8.84. The number of carbonyl (C=O) groups excluding carboxylic acids is 1. The van der Waals surface area contributed by atoms with Crippen LogP contribution in [-0.2, 0) is 14.8 Å². The summed E-state index contributed by atoms with van der Waals surface area (Å²) in [5.74, 6) is -0.195. The number of anilines is 3. The number of amides is 1. The number of nitrogens with one attached hydrogen (secondary N) is 3. The van der Waals surface area contributed by atoms with Crippen LogP contribution in [0.1, 0.15) is 12.5 Å². The molecule has 10 nitrogen and oxygen atoms in total. The van der Waals surface area contributed by atoms with E-state index in [1.807, 2.05) is 0 Å². The molecule has 12 heteroatoms. The maximum absolute atomic E-state index is 12.6. The van der Waals surface area contributed by atoms with Crippen molar-refractivity contribution in [1.29, 1.82) is 0 Å². The first-order chi connectivity index (χ1) is 15.6. The maximum Gasteiger partial charge on any atom is 0.295 e. The Morgan fingerprint density at radius 2 is 1.67 bits per heavy atom. The Hall–Kier alpha value is -3.96. The van der Waals surface area contributed by atoms with Gasteiger partial charge in [-0.2, -0.15) is 5.10 Å². The van der Waals surface area contributed by atoms with Gasteiger partial charge in [0.1, 0.15) is 5.69 Å². The second-order valence-electron chi connectivity index (χ2n) is 6.72. The van der Waals surface area contributed by atoms with E-state index in [0.29, 0.717) is 16.3 Å². The van der Waals surface area contributed by atoms with E-state index in [2.05, 4.69) is 20.6 Å². The third-order valence-corrected chi connectivity index (χ3v) is 5.83. The summed E-state index contributed by atoms with van der Waals surface area (Å²) >= 11 is 5.79. The predicted molar refractivity (Wildman–Crippen MR) is 127 cm³/mol. The lowest BCUT2D eigenvalue weighted by molar-refractivity contribution is -0.384. The summed E-state index contributed by atoms with van der Waals surface area (Å²) in [4.78, 5) is 21.6. The number of hydrazone groups is 1. The van der Waals surface area contributed by atoms with Gasteiger partial charge < -0.3 is 5.32 Å². The number of sulfonamides is 1. The molecule has 0 aliphatic heterocycles. The quantitative estimate of drug-likeness (QED) is 0.243. The van der Waals surface area contributed by atoms with Crippen LogP contribution in [0.15, 0.2) is 76.7 Å². The van der Waals surface area contributed by atoms with Gasteiger partial charge in [-0.05, 0) is 54.1 Å². The highest BCUT2D eigenvalue weighted by Gasteiger charge is 2.21. The SMILES string of the molecule is CC(=O)Nc1ccc(/C=N/Nc2ccc(S(=O)(=O)Nc3ccc(Cl)cc3)cc2[N+](=O)[O-])cc1. The molecule has 0 radical (unpaired) electrons. The third kappa shape index (κ3) is 6.51. The highest BCUT2D eigenvalue weighted by Crippen LogP contribution is 2.29. The summed E-state index contributed by atoms with van der Waals surface area (Å²) in [6.07, 6.45) is 1.42. The molecule has 1 amide bonds. The minimum Gasteiger partial charge on any atom is -0.326 e. The van der Waals surface area contributed by atoms with Crippen molar-refractivity contribution in [3.63, 3.8) is 0 Å². The zero-order chi connectivity index (χ0) is 24.0. The van der Waals surface area contributed by atoms with Crippen molar-refractivity contribution in [2.45, 2.75) is 11.8 Å². The Balaban J connectivity index is 1.77. The average molecular weight is 488 g/mol. The molecule has 0 heterocycles. The topological polar surface area (TPSA) is 143 Å². The number of halogens is 1. The molecule has 0 unspecified atom stereocenters. The normalized spacial score (nSPS) is 11.2. The van der Waals surface area contributed by atoms with Crippen molar-refractivity contribution in [3.8, 4) is 0 Å². The number of hydrogen-bond donors (Lipinski definition) is 3. The van der Waals surface area contributed by atoms with Gasteiger partial charge >= 0.3 is 0 Å². The van der Waals surface area contributed by atoms with Crippen LogP contribution in [0, 0.1) is 10.1 Å². The zero-order valence-electron chi connectivity index (χ0n) is 17.2. The standard InChI is InChI=1S/C21H18ClN5O5S/c1-14(28)24-17-6-2-15(3-7-17)13-23-25-20-11-10-19(12-21(20)27(29)30)33(31,32)26-18-8-4-16(22)5-9-18/h2-13,25-26H,1H3,(H,24,28)/b23-13+. The first-order valence-corrected chi connectivity index (χ1v) is 11.2. The van der Waals surface area contributed by atoms with E-state index >= 15 is 0 Å². The van der Waals surface area contributed by atoms with Crippen LogP contribution in [0.5, 0.6) is 0 Å². The van der Waals surface area contributed by atoms with Crippen LogP contribution in [0.2, 0.25) is 5.02 Å². The van der Waals surface area contributed by atoms with Crippen molar-refractivity contribution in [3.05, 3.63) is 87.4 Å². The van der Waals surface area contributed by atoms with Crippen LogP contribution in [0.25, 0.3) is 0 Å². The summed E-state index contributed by atoms with van der Waals surface area (Å²) in [6.45, 7) is 1.40. The molecule has 3 aromatic rings. The molecular formula is C21H18ClN5O5S. The smallest absolute Gasteiger partial charge is 0.295 e. The highest BCUT2D eigenvalue weighted by atomic mass is 35.5. The van der Waals surface area contributed by atoms with Crippen molar-refractivity contribution in [2.75, 3.05) is 15.5 Å². The number of nitro groups is 1. The van der Waals surface area contributed by atoms with Gasteiger partial charge in [-0.1, -0.05) is 23.7 Å². The van der Waals surface area contributed by atoms with Crippen molar-refractivity contribution in [2.24, 2.45) is 5.10 Å². The molecule has 0 fully saturated rings. The Kier molecular flexibility index (Phi) is 7.26. The molecule has 3 aromatic carbocycles. The van der Waals surface area contributed by atoms with Gasteiger partial charge in [-0.3, -0.25) is 25.1 Å². The molecule has 0 bridgehead atoms. The number of hydrogen-bond acceptors (Lipinski definition) is 7. The summed E-state index contributed by atoms with van der Waals surface area (Å²) in [6, 6.07) is 16.2. The van der Waals surface area contributed by atoms with Crippen molar-refractivity contribution >= 4 is 56.5 Å². The Morgan fingerprint density at radius 1 is 1.03 bits per heavy atom. The van der Waals surface area contributed by atoms with Gasteiger partial charge in [0.2, 0.25) is 5.91 Å². The molecule has 0 aliphatic carbocycles. The third-order valence-electron chi connectivity index (χ3n) is 4.20. The van der Waals surface area contributed by atoms with E-state index in [1.165, 1.54) is 49.5 Å². The van der Waals surface area contributed by atoms with Crippen LogP contribution < -0.4 is 15.5 Å². The van der Waals surface area contributed by atoms with E-state index in [4.69, 9.17) is 11.6 Å². The molecule has 0 saturated carbocycles. The Morgan fingerprint density at radius 3 is 2.27 bits per heavy atom. The van der Waals surface area contributed by atoms with E-state index < -0.39 is 20.6 Å². The van der Waals surface area contributed by atoms with Gasteiger partial charge in [0.25, 0.3) is 15.7 Å². The molecular weight excluding hydrogens is 470 g/mol. The second kappa shape index (κ2) is 10.1. The fourth-order valence-corrected chi connectivity index (χ4v) is 3.89. The van der Waals surface area contributed by atoms with Gasteiger partial charge in [0.15, 0.2) is 0 Å². The highest BCUT2D eigenvalue weighted by molar-refractivity contribution is 7.92. The molecule has 33 heavy (non-hydrogen) atoms. The fourth-order valence-electron chi connectivity index (χ4n) is 2.69. The van der Waals surface area contributed by atoms with E-state index in [1.54, 1.807) is 24.3 Å². The number of nitro benzene ring substituents is 1. The van der Waals surface area contributed by atoms with Gasteiger partial charge in [-0.25, -0.2) is 8.42 Å². The first kappa shape index (κ1) is 23.7.